The Hall–Kier alpha value is -1.50. The van der Waals surface area contributed by atoms with Crippen LogP contribution in [0.2, 0.25) is 10.0 Å². The van der Waals surface area contributed by atoms with Crippen LogP contribution in [0.25, 0.3) is 0 Å². The number of carbonyl (C=O) groups is 2. The van der Waals surface area contributed by atoms with Gasteiger partial charge in [0, 0.05) is 18.1 Å². The Morgan fingerprint density at radius 2 is 1.95 bits per heavy atom. The van der Waals surface area contributed by atoms with Gasteiger partial charge in [0.2, 0.25) is 0 Å². The van der Waals surface area contributed by atoms with Crippen LogP contribution in [0.3, 0.4) is 0 Å². The Morgan fingerprint density at radius 3 is 2.50 bits per heavy atom. The van der Waals surface area contributed by atoms with E-state index in [0.29, 0.717) is 5.02 Å². The zero-order chi connectivity index (χ0) is 15.3. The number of benzene rings is 1. The van der Waals surface area contributed by atoms with Gasteiger partial charge in [-0.2, -0.15) is 0 Å². The Kier molecular flexibility index (Phi) is 6.06. The summed E-state index contributed by atoms with van der Waals surface area (Å²) in [6, 6.07) is 1.13. The summed E-state index contributed by atoms with van der Waals surface area (Å²) in [5, 5.41) is 22.9. The number of aliphatic hydroxyl groups excluding tert-OH is 1. The molecule has 1 unspecified atom stereocenters. The molecule has 0 spiro atoms. The molecule has 20 heavy (non-hydrogen) atoms. The number of rotatable bonds is 5. The minimum Gasteiger partial charge on any atom is -0.480 e. The van der Waals surface area contributed by atoms with Gasteiger partial charge in [-0.05, 0) is 24.6 Å². The molecule has 0 radical (unpaired) electrons. The minimum absolute atomic E-state index is 0.0921. The molecule has 1 aromatic carbocycles. The number of carboxylic acid groups (broad SMARTS) is 1. The summed E-state index contributed by atoms with van der Waals surface area (Å²) in [5.74, 6) is -1.23. The second kappa shape index (κ2) is 7.33. The van der Waals surface area contributed by atoms with Crippen molar-refractivity contribution in [1.29, 1.82) is 0 Å². The Balaban J connectivity index is 2.75. The van der Waals surface area contributed by atoms with E-state index in [0.717, 1.165) is 5.56 Å². The van der Waals surface area contributed by atoms with Crippen molar-refractivity contribution in [2.24, 2.45) is 0 Å². The number of urea groups is 1. The predicted octanol–water partition coefficient (Wildman–Crippen LogP) is 2.26. The average Bonchev–Trinajstić information content (AvgIpc) is 2.35. The first kappa shape index (κ1) is 16.6. The standard InChI is InChI=1S/C12H14Cl2N2O4/c1-6-4-8(14)10(5-7(6)13)16-12(20)15-9(2-3-17)11(18)19/h4-5,9,17H,2-3H2,1H3,(H,18,19)(H2,15,16,20). The lowest BCUT2D eigenvalue weighted by Gasteiger charge is -2.15. The van der Waals surface area contributed by atoms with Crippen LogP contribution in [-0.4, -0.2) is 34.9 Å². The van der Waals surface area contributed by atoms with E-state index in [1.165, 1.54) is 6.07 Å². The van der Waals surface area contributed by atoms with Gasteiger partial charge in [-0.15, -0.1) is 0 Å². The lowest BCUT2D eigenvalue weighted by Crippen LogP contribution is -2.43. The molecule has 0 heterocycles. The summed E-state index contributed by atoms with van der Waals surface area (Å²) in [5.41, 5.74) is 1.03. The van der Waals surface area contributed by atoms with E-state index >= 15 is 0 Å². The molecule has 8 heteroatoms. The maximum atomic E-state index is 11.7. The van der Waals surface area contributed by atoms with Crippen LogP contribution in [0.15, 0.2) is 12.1 Å². The van der Waals surface area contributed by atoms with E-state index in [4.69, 9.17) is 33.4 Å². The van der Waals surface area contributed by atoms with Crippen molar-refractivity contribution >= 4 is 40.9 Å². The number of aryl methyl sites for hydroxylation is 1. The first-order chi connectivity index (χ1) is 9.35. The predicted molar refractivity (Wildman–Crippen MR) is 76.5 cm³/mol. The molecule has 1 rings (SSSR count). The second-order valence-electron chi connectivity index (χ2n) is 4.08. The molecule has 0 saturated carbocycles. The summed E-state index contributed by atoms with van der Waals surface area (Å²) in [6.07, 6.45) is -0.0921. The first-order valence-corrected chi connectivity index (χ1v) is 6.47. The number of anilines is 1. The molecule has 110 valence electrons. The monoisotopic (exact) mass is 320 g/mol. The van der Waals surface area contributed by atoms with E-state index in [1.54, 1.807) is 13.0 Å². The molecule has 0 aliphatic heterocycles. The van der Waals surface area contributed by atoms with Crippen LogP contribution in [-0.2, 0) is 4.79 Å². The maximum Gasteiger partial charge on any atom is 0.326 e. The van der Waals surface area contributed by atoms with Crippen molar-refractivity contribution in [3.05, 3.63) is 27.7 Å². The molecular weight excluding hydrogens is 307 g/mol. The van der Waals surface area contributed by atoms with Crippen LogP contribution in [0.5, 0.6) is 0 Å². The topological polar surface area (TPSA) is 98.7 Å². The van der Waals surface area contributed by atoms with Gasteiger partial charge >= 0.3 is 12.0 Å². The molecule has 0 aliphatic carbocycles. The smallest absolute Gasteiger partial charge is 0.326 e. The third-order valence-electron chi connectivity index (χ3n) is 2.52. The Morgan fingerprint density at radius 1 is 1.30 bits per heavy atom. The fourth-order valence-electron chi connectivity index (χ4n) is 1.45. The van der Waals surface area contributed by atoms with Crippen molar-refractivity contribution in [2.75, 3.05) is 11.9 Å². The van der Waals surface area contributed by atoms with Gasteiger partial charge in [0.05, 0.1) is 10.7 Å². The van der Waals surface area contributed by atoms with Gasteiger partial charge in [0.15, 0.2) is 0 Å². The lowest BCUT2D eigenvalue weighted by atomic mass is 10.2. The highest BCUT2D eigenvalue weighted by Crippen LogP contribution is 2.28. The van der Waals surface area contributed by atoms with E-state index < -0.39 is 18.0 Å². The second-order valence-corrected chi connectivity index (χ2v) is 4.90. The molecule has 0 aromatic heterocycles. The molecule has 6 nitrogen and oxygen atoms in total. The number of aliphatic carboxylic acids is 1. The summed E-state index contributed by atoms with van der Waals surface area (Å²) in [4.78, 5) is 22.5. The fraction of sp³-hybridized carbons (Fsp3) is 0.333. The number of nitrogens with one attached hydrogen (secondary N) is 2. The zero-order valence-corrected chi connectivity index (χ0v) is 12.1. The van der Waals surface area contributed by atoms with Crippen LogP contribution in [0, 0.1) is 6.92 Å². The van der Waals surface area contributed by atoms with Gasteiger partial charge < -0.3 is 20.8 Å². The summed E-state index contributed by atoms with van der Waals surface area (Å²) in [7, 11) is 0. The van der Waals surface area contributed by atoms with Crippen molar-refractivity contribution in [3.63, 3.8) is 0 Å². The highest BCUT2D eigenvalue weighted by atomic mass is 35.5. The molecule has 1 aromatic rings. The fourth-order valence-corrected chi connectivity index (χ4v) is 1.87. The molecular formula is C12H14Cl2N2O4. The van der Waals surface area contributed by atoms with Gasteiger partial charge in [-0.3, -0.25) is 0 Å². The SMILES string of the molecule is Cc1cc(Cl)c(NC(=O)NC(CCO)C(=O)O)cc1Cl. The Labute approximate surface area is 125 Å². The number of carboxylic acids is 1. The van der Waals surface area contributed by atoms with Crippen molar-refractivity contribution < 1.29 is 19.8 Å². The molecule has 0 fully saturated rings. The summed E-state index contributed by atoms with van der Waals surface area (Å²) < 4.78 is 0. The quantitative estimate of drug-likeness (QED) is 0.668. The van der Waals surface area contributed by atoms with Crippen molar-refractivity contribution in [1.82, 2.24) is 5.32 Å². The number of halogens is 2. The van der Waals surface area contributed by atoms with Crippen LogP contribution >= 0.6 is 23.2 Å². The third-order valence-corrected chi connectivity index (χ3v) is 3.24. The van der Waals surface area contributed by atoms with Gasteiger partial charge in [-0.25, -0.2) is 9.59 Å². The van der Waals surface area contributed by atoms with E-state index in [9.17, 15) is 9.59 Å². The maximum absolute atomic E-state index is 11.7. The number of hydrogen-bond acceptors (Lipinski definition) is 3. The number of aliphatic hydroxyl groups is 1. The molecule has 2 amide bonds. The number of amides is 2. The third kappa shape index (κ3) is 4.56. The van der Waals surface area contributed by atoms with Crippen LogP contribution in [0.4, 0.5) is 10.5 Å². The highest BCUT2D eigenvalue weighted by Gasteiger charge is 2.19. The molecule has 0 saturated heterocycles. The summed E-state index contributed by atoms with van der Waals surface area (Å²) >= 11 is 11.9. The normalized spacial score (nSPS) is 11.8. The number of carbonyl (C=O) groups excluding carboxylic acids is 1. The molecule has 0 bridgehead atoms. The van der Waals surface area contributed by atoms with Gasteiger partial charge in [-0.1, -0.05) is 23.2 Å². The number of hydrogen-bond donors (Lipinski definition) is 4. The first-order valence-electron chi connectivity index (χ1n) is 5.72. The van der Waals surface area contributed by atoms with E-state index in [1.807, 2.05) is 0 Å². The molecule has 4 N–H and O–H groups in total. The van der Waals surface area contributed by atoms with E-state index in [2.05, 4.69) is 10.6 Å². The Bertz CT molecular complexity index is 522. The summed E-state index contributed by atoms with van der Waals surface area (Å²) in [6.45, 7) is 1.41. The largest absolute Gasteiger partial charge is 0.480 e. The van der Waals surface area contributed by atoms with Crippen LogP contribution < -0.4 is 10.6 Å². The van der Waals surface area contributed by atoms with Crippen molar-refractivity contribution in [3.8, 4) is 0 Å². The highest BCUT2D eigenvalue weighted by molar-refractivity contribution is 6.36. The average molecular weight is 321 g/mol. The van der Waals surface area contributed by atoms with Gasteiger partial charge in [0.25, 0.3) is 0 Å². The molecule has 1 atom stereocenters. The van der Waals surface area contributed by atoms with Crippen LogP contribution in [0.1, 0.15) is 12.0 Å². The lowest BCUT2D eigenvalue weighted by molar-refractivity contribution is -0.139. The van der Waals surface area contributed by atoms with E-state index in [-0.39, 0.29) is 23.7 Å². The minimum atomic E-state index is -1.23. The molecule has 0 aliphatic rings. The zero-order valence-electron chi connectivity index (χ0n) is 10.6. The van der Waals surface area contributed by atoms with Gasteiger partial charge in [0.1, 0.15) is 6.04 Å². The van der Waals surface area contributed by atoms with Crippen molar-refractivity contribution in [2.45, 2.75) is 19.4 Å².